The molecule has 1 aliphatic carbocycles. The van der Waals surface area contributed by atoms with Crippen LogP contribution in [0.15, 0.2) is 18.3 Å². The SMILES string of the molecule is O=C(O)c1ccc(N2CCC[C@]3(CCC[C@H]3O)C2)nc1. The van der Waals surface area contributed by atoms with Crippen LogP contribution in [0.1, 0.15) is 42.5 Å². The molecule has 1 saturated heterocycles. The Kier molecular flexibility index (Phi) is 3.38. The van der Waals surface area contributed by atoms with Crippen molar-refractivity contribution in [1.82, 2.24) is 4.98 Å². The quantitative estimate of drug-likeness (QED) is 0.863. The largest absolute Gasteiger partial charge is 0.478 e. The molecule has 2 aliphatic rings. The van der Waals surface area contributed by atoms with Crippen molar-refractivity contribution < 1.29 is 15.0 Å². The number of carboxylic acid groups (broad SMARTS) is 1. The molecule has 0 radical (unpaired) electrons. The van der Waals surface area contributed by atoms with E-state index >= 15 is 0 Å². The highest BCUT2D eigenvalue weighted by Gasteiger charge is 2.44. The van der Waals surface area contributed by atoms with Crippen LogP contribution < -0.4 is 4.90 Å². The van der Waals surface area contributed by atoms with Crippen molar-refractivity contribution in [3.05, 3.63) is 23.9 Å². The molecule has 1 aromatic rings. The van der Waals surface area contributed by atoms with Crippen LogP contribution in [0, 0.1) is 5.41 Å². The number of aromatic nitrogens is 1. The summed E-state index contributed by atoms with van der Waals surface area (Å²) in [5.74, 6) is -0.140. The number of aromatic carboxylic acids is 1. The Bertz CT molecular complexity index is 502. The first-order valence-electron chi connectivity index (χ1n) is 7.23. The minimum absolute atomic E-state index is 0.0192. The number of piperidine rings is 1. The summed E-state index contributed by atoms with van der Waals surface area (Å²) in [5.41, 5.74) is 0.229. The Morgan fingerprint density at radius 2 is 2.15 bits per heavy atom. The van der Waals surface area contributed by atoms with E-state index in [0.717, 1.165) is 51.0 Å². The summed E-state index contributed by atoms with van der Waals surface area (Å²) in [6, 6.07) is 3.36. The Morgan fingerprint density at radius 3 is 2.75 bits per heavy atom. The molecule has 1 aliphatic heterocycles. The molecule has 5 nitrogen and oxygen atoms in total. The molecule has 1 saturated carbocycles. The maximum Gasteiger partial charge on any atom is 0.337 e. The zero-order chi connectivity index (χ0) is 14.2. The highest BCUT2D eigenvalue weighted by molar-refractivity contribution is 5.87. The lowest BCUT2D eigenvalue weighted by Gasteiger charge is -2.43. The fraction of sp³-hybridized carbons (Fsp3) is 0.600. The van der Waals surface area contributed by atoms with Gasteiger partial charge in [0.15, 0.2) is 0 Å². The summed E-state index contributed by atoms with van der Waals surface area (Å²) < 4.78 is 0. The van der Waals surface area contributed by atoms with Crippen LogP contribution in [0.4, 0.5) is 5.82 Å². The molecule has 1 spiro atoms. The minimum atomic E-state index is -0.953. The second-order valence-electron chi connectivity index (χ2n) is 6.01. The first kappa shape index (κ1) is 13.4. The lowest BCUT2D eigenvalue weighted by molar-refractivity contribution is 0.0408. The van der Waals surface area contributed by atoms with Crippen LogP contribution >= 0.6 is 0 Å². The van der Waals surface area contributed by atoms with Crippen LogP contribution in [0.5, 0.6) is 0 Å². The van der Waals surface area contributed by atoms with E-state index in [4.69, 9.17) is 5.11 Å². The number of carbonyl (C=O) groups is 1. The summed E-state index contributed by atoms with van der Waals surface area (Å²) in [6.07, 6.45) is 6.42. The average molecular weight is 276 g/mol. The van der Waals surface area contributed by atoms with Gasteiger partial charge in [0.05, 0.1) is 11.7 Å². The second-order valence-corrected chi connectivity index (χ2v) is 6.01. The average Bonchev–Trinajstić information content (AvgIpc) is 2.80. The topological polar surface area (TPSA) is 73.7 Å². The van der Waals surface area contributed by atoms with Gasteiger partial charge in [0.1, 0.15) is 5.82 Å². The third-order valence-corrected chi connectivity index (χ3v) is 4.79. The van der Waals surface area contributed by atoms with Gasteiger partial charge in [-0.05, 0) is 37.8 Å². The highest BCUT2D eigenvalue weighted by atomic mass is 16.4. The van der Waals surface area contributed by atoms with Crippen molar-refractivity contribution in [2.75, 3.05) is 18.0 Å². The predicted molar refractivity (Wildman–Crippen MR) is 74.9 cm³/mol. The fourth-order valence-corrected chi connectivity index (χ4v) is 3.65. The number of hydrogen-bond acceptors (Lipinski definition) is 4. The van der Waals surface area contributed by atoms with Crippen molar-refractivity contribution in [3.8, 4) is 0 Å². The van der Waals surface area contributed by atoms with Crippen LogP contribution in [-0.4, -0.2) is 40.4 Å². The van der Waals surface area contributed by atoms with E-state index in [2.05, 4.69) is 9.88 Å². The van der Waals surface area contributed by atoms with Crippen LogP contribution in [0.2, 0.25) is 0 Å². The van der Waals surface area contributed by atoms with Crippen molar-refractivity contribution in [3.63, 3.8) is 0 Å². The van der Waals surface area contributed by atoms with Gasteiger partial charge < -0.3 is 15.1 Å². The first-order valence-corrected chi connectivity index (χ1v) is 7.23. The zero-order valence-corrected chi connectivity index (χ0v) is 11.5. The number of carboxylic acids is 1. The van der Waals surface area contributed by atoms with E-state index in [0.29, 0.717) is 0 Å². The maximum atomic E-state index is 10.8. The van der Waals surface area contributed by atoms with Crippen LogP contribution in [0.3, 0.4) is 0 Å². The maximum absolute atomic E-state index is 10.8. The van der Waals surface area contributed by atoms with E-state index < -0.39 is 5.97 Å². The van der Waals surface area contributed by atoms with Crippen molar-refractivity contribution in [2.24, 2.45) is 5.41 Å². The minimum Gasteiger partial charge on any atom is -0.478 e. The van der Waals surface area contributed by atoms with Gasteiger partial charge in [-0.25, -0.2) is 9.78 Å². The molecule has 0 amide bonds. The van der Waals surface area contributed by atoms with E-state index in [1.807, 2.05) is 0 Å². The molecule has 2 heterocycles. The van der Waals surface area contributed by atoms with Crippen LogP contribution in [0.25, 0.3) is 0 Å². The number of rotatable bonds is 2. The van der Waals surface area contributed by atoms with Gasteiger partial charge >= 0.3 is 5.97 Å². The van der Waals surface area contributed by atoms with Gasteiger partial charge in [-0.3, -0.25) is 0 Å². The Balaban J connectivity index is 1.78. The smallest absolute Gasteiger partial charge is 0.337 e. The summed E-state index contributed by atoms with van der Waals surface area (Å²) in [4.78, 5) is 17.3. The number of aliphatic hydroxyl groups is 1. The molecule has 0 aromatic carbocycles. The Labute approximate surface area is 118 Å². The van der Waals surface area contributed by atoms with Gasteiger partial charge in [-0.1, -0.05) is 6.42 Å². The molecule has 3 rings (SSSR count). The summed E-state index contributed by atoms with van der Waals surface area (Å²) in [6.45, 7) is 1.75. The van der Waals surface area contributed by atoms with Crippen LogP contribution in [-0.2, 0) is 0 Å². The lowest BCUT2D eigenvalue weighted by atomic mass is 9.77. The third kappa shape index (κ3) is 2.26. The molecular weight excluding hydrogens is 256 g/mol. The predicted octanol–water partition coefficient (Wildman–Crippen LogP) is 1.91. The van der Waals surface area contributed by atoms with Crippen molar-refractivity contribution in [1.29, 1.82) is 0 Å². The molecule has 1 aromatic heterocycles. The van der Waals surface area contributed by atoms with Gasteiger partial charge in [0, 0.05) is 24.7 Å². The second kappa shape index (κ2) is 5.05. The van der Waals surface area contributed by atoms with E-state index in [9.17, 15) is 9.90 Å². The number of anilines is 1. The summed E-state index contributed by atoms with van der Waals surface area (Å²) >= 11 is 0. The molecule has 20 heavy (non-hydrogen) atoms. The van der Waals surface area contributed by atoms with E-state index in [1.54, 1.807) is 12.1 Å². The normalized spacial score (nSPS) is 29.9. The molecular formula is C15H20N2O3. The van der Waals surface area contributed by atoms with E-state index in [1.165, 1.54) is 6.20 Å². The van der Waals surface area contributed by atoms with Crippen molar-refractivity contribution in [2.45, 2.75) is 38.2 Å². The van der Waals surface area contributed by atoms with E-state index in [-0.39, 0.29) is 17.1 Å². The summed E-state index contributed by atoms with van der Waals surface area (Å²) in [7, 11) is 0. The molecule has 5 heteroatoms. The Hall–Kier alpha value is -1.62. The molecule has 0 bridgehead atoms. The standard InChI is InChI=1S/C15H20N2O3/c18-12-3-1-6-15(12)7-2-8-17(10-15)13-5-4-11(9-16-13)14(19)20/h4-5,9,12,18H,1-3,6-8,10H2,(H,19,20)/t12-,15-/m1/s1. The molecule has 2 N–H and O–H groups in total. The first-order chi connectivity index (χ1) is 9.61. The van der Waals surface area contributed by atoms with Gasteiger partial charge in [-0.2, -0.15) is 0 Å². The zero-order valence-electron chi connectivity index (χ0n) is 11.5. The number of pyridine rings is 1. The Morgan fingerprint density at radius 1 is 1.35 bits per heavy atom. The van der Waals surface area contributed by atoms with Gasteiger partial charge in [0.25, 0.3) is 0 Å². The summed E-state index contributed by atoms with van der Waals surface area (Å²) in [5, 5.41) is 19.2. The lowest BCUT2D eigenvalue weighted by Crippen LogP contribution is -2.47. The molecule has 2 atom stereocenters. The molecule has 2 fully saturated rings. The monoisotopic (exact) mass is 276 g/mol. The highest BCUT2D eigenvalue weighted by Crippen LogP contribution is 2.45. The number of nitrogens with zero attached hydrogens (tertiary/aromatic N) is 2. The van der Waals surface area contributed by atoms with Gasteiger partial charge in [0.2, 0.25) is 0 Å². The number of aliphatic hydroxyl groups excluding tert-OH is 1. The van der Waals surface area contributed by atoms with Gasteiger partial charge in [-0.15, -0.1) is 0 Å². The fourth-order valence-electron chi connectivity index (χ4n) is 3.65. The molecule has 0 unspecified atom stereocenters. The molecule has 108 valence electrons. The van der Waals surface area contributed by atoms with Crippen molar-refractivity contribution >= 4 is 11.8 Å². The number of hydrogen-bond donors (Lipinski definition) is 2. The third-order valence-electron chi connectivity index (χ3n) is 4.79.